The first-order chi connectivity index (χ1) is 8.20. The molecule has 0 saturated carbocycles. The Balaban J connectivity index is 2.16. The molecular weight excluding hydrogens is 238 g/mol. The van der Waals surface area contributed by atoms with Crippen molar-refractivity contribution in [3.8, 4) is 0 Å². The van der Waals surface area contributed by atoms with Crippen LogP contribution in [0, 0.1) is 0 Å². The standard InChI is InChI=1S/C11H14ClN5/c12-8-3-1-7(2-4-8)5-10(16-14)9-6-15-17-11(9)13/h1-4,6,10,16H,5,14H2,(H3,13,15,17). The van der Waals surface area contributed by atoms with Crippen LogP contribution in [0.4, 0.5) is 5.82 Å². The van der Waals surface area contributed by atoms with Gasteiger partial charge in [-0.05, 0) is 24.1 Å². The number of nitrogens with one attached hydrogen (secondary N) is 2. The normalized spacial score (nSPS) is 12.6. The van der Waals surface area contributed by atoms with Gasteiger partial charge < -0.3 is 5.73 Å². The van der Waals surface area contributed by atoms with Crippen LogP contribution in [0.2, 0.25) is 5.02 Å². The Morgan fingerprint density at radius 2 is 2.06 bits per heavy atom. The van der Waals surface area contributed by atoms with Gasteiger partial charge in [-0.3, -0.25) is 16.4 Å². The molecule has 0 aliphatic carbocycles. The molecule has 1 aromatic carbocycles. The Bertz CT molecular complexity index is 479. The average Bonchev–Trinajstić information content (AvgIpc) is 2.75. The first kappa shape index (κ1) is 11.9. The van der Waals surface area contributed by atoms with Crippen LogP contribution in [0.1, 0.15) is 17.2 Å². The number of H-pyrrole nitrogens is 1. The molecule has 0 aliphatic rings. The van der Waals surface area contributed by atoms with Crippen LogP contribution in [0.15, 0.2) is 30.5 Å². The first-order valence-corrected chi connectivity index (χ1v) is 5.58. The highest BCUT2D eigenvalue weighted by Gasteiger charge is 2.15. The molecule has 0 saturated heterocycles. The molecule has 1 heterocycles. The zero-order chi connectivity index (χ0) is 12.3. The lowest BCUT2D eigenvalue weighted by Crippen LogP contribution is -2.29. The minimum absolute atomic E-state index is 0.0741. The number of nitrogens with zero attached hydrogens (tertiary/aromatic N) is 1. The molecule has 6 N–H and O–H groups in total. The van der Waals surface area contributed by atoms with Gasteiger partial charge in [-0.15, -0.1) is 0 Å². The van der Waals surface area contributed by atoms with Gasteiger partial charge in [0.25, 0.3) is 0 Å². The van der Waals surface area contributed by atoms with E-state index in [4.69, 9.17) is 23.2 Å². The van der Waals surface area contributed by atoms with Crippen molar-refractivity contribution in [3.63, 3.8) is 0 Å². The first-order valence-electron chi connectivity index (χ1n) is 5.20. The summed E-state index contributed by atoms with van der Waals surface area (Å²) in [7, 11) is 0. The van der Waals surface area contributed by atoms with Gasteiger partial charge in [0.05, 0.1) is 12.2 Å². The van der Waals surface area contributed by atoms with Gasteiger partial charge >= 0.3 is 0 Å². The summed E-state index contributed by atoms with van der Waals surface area (Å²) in [5, 5.41) is 7.29. The van der Waals surface area contributed by atoms with E-state index < -0.39 is 0 Å². The van der Waals surface area contributed by atoms with Crippen LogP contribution in [0.3, 0.4) is 0 Å². The molecule has 0 aliphatic heterocycles. The van der Waals surface area contributed by atoms with Crippen LogP contribution in [-0.4, -0.2) is 10.2 Å². The third kappa shape index (κ3) is 2.76. The van der Waals surface area contributed by atoms with Gasteiger partial charge in [-0.1, -0.05) is 23.7 Å². The van der Waals surface area contributed by atoms with E-state index in [9.17, 15) is 0 Å². The molecule has 1 aromatic heterocycles. The van der Waals surface area contributed by atoms with Gasteiger partial charge in [0, 0.05) is 10.6 Å². The number of hydrazine groups is 1. The van der Waals surface area contributed by atoms with E-state index in [1.165, 1.54) is 0 Å². The van der Waals surface area contributed by atoms with Crippen molar-refractivity contribution < 1.29 is 0 Å². The average molecular weight is 252 g/mol. The number of rotatable bonds is 4. The Kier molecular flexibility index (Phi) is 3.63. The van der Waals surface area contributed by atoms with Crippen molar-refractivity contribution in [2.45, 2.75) is 12.5 Å². The van der Waals surface area contributed by atoms with Crippen LogP contribution >= 0.6 is 11.6 Å². The van der Waals surface area contributed by atoms with E-state index in [1.807, 2.05) is 24.3 Å². The van der Waals surface area contributed by atoms with Crippen molar-refractivity contribution in [2.24, 2.45) is 5.84 Å². The third-order valence-electron chi connectivity index (χ3n) is 2.63. The second kappa shape index (κ2) is 5.18. The molecule has 2 rings (SSSR count). The smallest absolute Gasteiger partial charge is 0.123 e. The van der Waals surface area contributed by atoms with E-state index in [-0.39, 0.29) is 6.04 Å². The molecule has 2 aromatic rings. The van der Waals surface area contributed by atoms with Crippen molar-refractivity contribution in [2.75, 3.05) is 5.73 Å². The quantitative estimate of drug-likeness (QED) is 0.488. The Morgan fingerprint density at radius 3 is 2.59 bits per heavy atom. The fraction of sp³-hybridized carbons (Fsp3) is 0.182. The molecule has 0 fully saturated rings. The maximum atomic E-state index is 5.83. The summed E-state index contributed by atoms with van der Waals surface area (Å²) >= 11 is 5.83. The second-order valence-corrected chi connectivity index (χ2v) is 4.23. The van der Waals surface area contributed by atoms with E-state index in [0.717, 1.165) is 17.5 Å². The predicted molar refractivity (Wildman–Crippen MR) is 68.2 cm³/mol. The molecule has 0 amide bonds. The van der Waals surface area contributed by atoms with Crippen molar-refractivity contribution in [1.29, 1.82) is 0 Å². The zero-order valence-corrected chi connectivity index (χ0v) is 9.91. The number of benzene rings is 1. The molecule has 0 spiro atoms. The minimum atomic E-state index is -0.0741. The summed E-state index contributed by atoms with van der Waals surface area (Å²) in [6, 6.07) is 7.55. The summed E-state index contributed by atoms with van der Waals surface area (Å²) in [6.45, 7) is 0. The topological polar surface area (TPSA) is 92.7 Å². The largest absolute Gasteiger partial charge is 0.384 e. The summed E-state index contributed by atoms with van der Waals surface area (Å²) in [5.41, 5.74) is 10.5. The Morgan fingerprint density at radius 1 is 1.35 bits per heavy atom. The molecule has 0 bridgehead atoms. The lowest BCUT2D eigenvalue weighted by atomic mass is 10.0. The molecule has 17 heavy (non-hydrogen) atoms. The molecule has 1 unspecified atom stereocenters. The molecule has 6 heteroatoms. The van der Waals surface area contributed by atoms with E-state index in [1.54, 1.807) is 6.20 Å². The summed E-state index contributed by atoms with van der Waals surface area (Å²) in [5.74, 6) is 6.07. The maximum absolute atomic E-state index is 5.83. The highest BCUT2D eigenvalue weighted by atomic mass is 35.5. The van der Waals surface area contributed by atoms with Gasteiger partial charge in [-0.25, -0.2) is 0 Å². The minimum Gasteiger partial charge on any atom is -0.384 e. The lowest BCUT2D eigenvalue weighted by Gasteiger charge is -2.15. The fourth-order valence-corrected chi connectivity index (χ4v) is 1.82. The Labute approximate surface area is 104 Å². The fourth-order valence-electron chi connectivity index (χ4n) is 1.70. The van der Waals surface area contributed by atoms with Crippen molar-refractivity contribution in [3.05, 3.63) is 46.6 Å². The number of aromatic amines is 1. The maximum Gasteiger partial charge on any atom is 0.123 e. The monoisotopic (exact) mass is 251 g/mol. The van der Waals surface area contributed by atoms with Crippen LogP contribution in [0.25, 0.3) is 0 Å². The lowest BCUT2D eigenvalue weighted by molar-refractivity contribution is 0.553. The number of hydrogen-bond donors (Lipinski definition) is 4. The zero-order valence-electron chi connectivity index (χ0n) is 9.15. The van der Waals surface area contributed by atoms with Crippen LogP contribution in [-0.2, 0) is 6.42 Å². The number of nitrogen functional groups attached to an aromatic ring is 1. The SMILES string of the molecule is NNC(Cc1ccc(Cl)cc1)c1cn[nH]c1N. The summed E-state index contributed by atoms with van der Waals surface area (Å²) < 4.78 is 0. The van der Waals surface area contributed by atoms with E-state index >= 15 is 0 Å². The second-order valence-electron chi connectivity index (χ2n) is 3.79. The molecule has 5 nitrogen and oxygen atoms in total. The van der Waals surface area contributed by atoms with Gasteiger partial charge in [0.15, 0.2) is 0 Å². The van der Waals surface area contributed by atoms with Gasteiger partial charge in [0.1, 0.15) is 5.82 Å². The summed E-state index contributed by atoms with van der Waals surface area (Å²) in [4.78, 5) is 0. The van der Waals surface area contributed by atoms with Crippen molar-refractivity contribution >= 4 is 17.4 Å². The molecule has 90 valence electrons. The number of hydrogen-bond acceptors (Lipinski definition) is 4. The number of anilines is 1. The molecular formula is C11H14ClN5. The van der Waals surface area contributed by atoms with Crippen LogP contribution in [0.5, 0.6) is 0 Å². The third-order valence-corrected chi connectivity index (χ3v) is 2.88. The van der Waals surface area contributed by atoms with E-state index in [0.29, 0.717) is 10.8 Å². The molecule has 0 radical (unpaired) electrons. The number of nitrogens with two attached hydrogens (primary N) is 2. The number of aromatic nitrogens is 2. The number of halogens is 1. The van der Waals surface area contributed by atoms with E-state index in [2.05, 4.69) is 15.6 Å². The predicted octanol–water partition coefficient (Wildman–Crippen LogP) is 1.39. The van der Waals surface area contributed by atoms with Crippen molar-refractivity contribution in [1.82, 2.24) is 15.6 Å². The Hall–Kier alpha value is -1.56. The highest BCUT2D eigenvalue weighted by Crippen LogP contribution is 2.22. The summed E-state index contributed by atoms with van der Waals surface area (Å²) in [6.07, 6.45) is 2.40. The molecule has 1 atom stereocenters. The van der Waals surface area contributed by atoms with Gasteiger partial charge in [0.2, 0.25) is 0 Å². The van der Waals surface area contributed by atoms with Crippen LogP contribution < -0.4 is 17.0 Å². The van der Waals surface area contributed by atoms with Gasteiger partial charge in [-0.2, -0.15) is 5.10 Å². The highest BCUT2D eigenvalue weighted by molar-refractivity contribution is 6.30.